The molecule has 0 fully saturated rings. The van der Waals surface area contributed by atoms with Gasteiger partial charge in [-0.3, -0.25) is 0 Å². The van der Waals surface area contributed by atoms with Crippen LogP contribution in [0.1, 0.15) is 34.8 Å². The van der Waals surface area contributed by atoms with Gasteiger partial charge in [0, 0.05) is 12.8 Å². The fourth-order valence-corrected chi connectivity index (χ4v) is 3.80. The fourth-order valence-electron chi connectivity index (χ4n) is 3.28. The highest BCUT2D eigenvalue weighted by atomic mass is 32.2. The Morgan fingerprint density at radius 3 is 2.59 bits per heavy atom. The van der Waals surface area contributed by atoms with Crippen LogP contribution in [0.25, 0.3) is 5.69 Å². The summed E-state index contributed by atoms with van der Waals surface area (Å²) in [5.74, 6) is -0.564. The zero-order chi connectivity index (χ0) is 27.2. The number of sulfonamides is 1. The van der Waals surface area contributed by atoms with Crippen molar-refractivity contribution >= 4 is 16.2 Å². The number of carbonyl (C=O) groups is 1. The van der Waals surface area contributed by atoms with Crippen molar-refractivity contribution in [2.24, 2.45) is 5.14 Å². The minimum absolute atomic E-state index is 0.0314. The molecule has 0 saturated carbocycles. The third kappa shape index (κ3) is 7.68. The van der Waals surface area contributed by atoms with Crippen LogP contribution in [0.15, 0.2) is 41.3 Å². The minimum Gasteiger partial charge on any atom is -0.434 e. The van der Waals surface area contributed by atoms with Crippen LogP contribution in [0.4, 0.5) is 9.18 Å². The van der Waals surface area contributed by atoms with Gasteiger partial charge in [-0.15, -0.1) is 15.2 Å². The van der Waals surface area contributed by atoms with Gasteiger partial charge in [-0.2, -0.15) is 0 Å². The van der Waals surface area contributed by atoms with Crippen LogP contribution in [-0.2, 0) is 37.4 Å². The van der Waals surface area contributed by atoms with Gasteiger partial charge in [0.15, 0.2) is 12.4 Å². The number of carbonyl (C=O) groups excluding carboxylic acids is 1. The highest BCUT2D eigenvalue weighted by molar-refractivity contribution is 7.89. The molecule has 0 bridgehead atoms. The van der Waals surface area contributed by atoms with E-state index in [9.17, 15) is 27.7 Å². The van der Waals surface area contributed by atoms with Crippen LogP contribution in [0, 0.1) is 29.8 Å². The average molecular weight is 538 g/mol. The lowest BCUT2D eigenvalue weighted by Crippen LogP contribution is -2.13. The van der Waals surface area contributed by atoms with Gasteiger partial charge in [0.25, 0.3) is 5.09 Å². The Bertz CT molecular complexity index is 1410. The average Bonchev–Trinajstić information content (AvgIpc) is 3.21. The van der Waals surface area contributed by atoms with Crippen LogP contribution in [-0.4, -0.2) is 47.6 Å². The van der Waals surface area contributed by atoms with Gasteiger partial charge in [0.1, 0.15) is 17.3 Å². The number of benzene rings is 2. The molecular weight excluding hydrogens is 513 g/mol. The molecule has 0 radical (unpaired) electrons. The van der Waals surface area contributed by atoms with Crippen molar-refractivity contribution in [3.05, 3.63) is 80.7 Å². The lowest BCUT2D eigenvalue weighted by atomic mass is 10.0. The van der Waals surface area contributed by atoms with Crippen LogP contribution in [0.2, 0.25) is 0 Å². The topological polar surface area (TPSA) is 179 Å². The Morgan fingerprint density at radius 1 is 1.16 bits per heavy atom. The van der Waals surface area contributed by atoms with E-state index >= 15 is 0 Å². The summed E-state index contributed by atoms with van der Waals surface area (Å²) in [7, 11) is -4.12. The number of nitrogens with zero attached hydrogens (tertiary/aromatic N) is 4. The van der Waals surface area contributed by atoms with E-state index < -0.39 is 38.6 Å². The van der Waals surface area contributed by atoms with E-state index in [4.69, 9.17) is 14.6 Å². The third-order valence-corrected chi connectivity index (χ3v) is 5.98. The first kappa shape index (κ1) is 27.5. The number of ether oxygens (including phenoxy) is 2. The standard InChI is InChI=1S/C22H24FN5O8S/c1-14-4-5-15(2)16(10-14)11-21-25-20(13-35-22(29)34-8-3-9-36-28(30)31)26-27(21)19-7-6-17(12-18(19)23)37(24,32)33/h4-7,10,12H,3,8-9,11,13H2,1-2H3,(H2,24,32,33). The number of aromatic nitrogens is 3. The number of hydrogen-bond acceptors (Lipinski definition) is 10. The molecule has 198 valence electrons. The molecule has 13 nitrogen and oxygen atoms in total. The van der Waals surface area contributed by atoms with Crippen LogP contribution in [0.3, 0.4) is 0 Å². The second-order valence-corrected chi connectivity index (χ2v) is 9.48. The summed E-state index contributed by atoms with van der Waals surface area (Å²) in [6.45, 7) is 3.01. The second kappa shape index (κ2) is 11.7. The molecule has 3 rings (SSSR count). The van der Waals surface area contributed by atoms with Crippen molar-refractivity contribution in [1.29, 1.82) is 0 Å². The Hall–Kier alpha value is -4.11. The van der Waals surface area contributed by atoms with Crippen LogP contribution < -0.4 is 5.14 Å². The molecule has 1 aromatic heterocycles. The Labute approximate surface area is 211 Å². The van der Waals surface area contributed by atoms with Gasteiger partial charge in [0.05, 0.1) is 18.1 Å². The van der Waals surface area contributed by atoms with Crippen molar-refractivity contribution < 1.29 is 37.0 Å². The van der Waals surface area contributed by atoms with E-state index in [1.165, 1.54) is 10.7 Å². The molecule has 0 aliphatic heterocycles. The number of hydrogen-bond donors (Lipinski definition) is 1. The minimum atomic E-state index is -4.12. The molecule has 2 N–H and O–H groups in total. The molecule has 0 atom stereocenters. The van der Waals surface area contributed by atoms with Crippen molar-refractivity contribution in [1.82, 2.24) is 14.8 Å². The predicted octanol–water partition coefficient (Wildman–Crippen LogP) is 2.51. The van der Waals surface area contributed by atoms with E-state index in [-0.39, 0.29) is 37.6 Å². The maximum absolute atomic E-state index is 14.9. The van der Waals surface area contributed by atoms with E-state index in [0.717, 1.165) is 28.8 Å². The van der Waals surface area contributed by atoms with Crippen molar-refractivity contribution in [3.63, 3.8) is 0 Å². The van der Waals surface area contributed by atoms with Crippen LogP contribution >= 0.6 is 0 Å². The smallest absolute Gasteiger partial charge is 0.434 e. The molecule has 0 saturated heterocycles. The first-order chi connectivity index (χ1) is 17.4. The maximum atomic E-state index is 14.9. The summed E-state index contributed by atoms with van der Waals surface area (Å²) in [4.78, 5) is 30.0. The molecule has 0 aliphatic rings. The number of halogens is 1. The zero-order valence-electron chi connectivity index (χ0n) is 19.9. The Balaban J connectivity index is 1.82. The first-order valence-electron chi connectivity index (χ1n) is 10.8. The molecule has 0 amide bonds. The summed E-state index contributed by atoms with van der Waals surface area (Å²) in [5.41, 5.74) is 2.79. The monoisotopic (exact) mass is 537 g/mol. The number of rotatable bonds is 11. The van der Waals surface area contributed by atoms with E-state index in [1.807, 2.05) is 32.0 Å². The molecule has 0 aliphatic carbocycles. The van der Waals surface area contributed by atoms with Gasteiger partial charge in [-0.1, -0.05) is 23.8 Å². The molecule has 2 aromatic carbocycles. The highest BCUT2D eigenvalue weighted by Crippen LogP contribution is 2.22. The van der Waals surface area contributed by atoms with Crippen molar-refractivity contribution in [2.75, 3.05) is 13.2 Å². The molecule has 1 heterocycles. The first-order valence-corrected chi connectivity index (χ1v) is 12.4. The van der Waals surface area contributed by atoms with Crippen LogP contribution in [0.5, 0.6) is 0 Å². The van der Waals surface area contributed by atoms with E-state index in [2.05, 4.69) is 14.9 Å². The molecular formula is C22H24FN5O8S. The lowest BCUT2D eigenvalue weighted by Gasteiger charge is -2.10. The molecule has 37 heavy (non-hydrogen) atoms. The zero-order valence-corrected chi connectivity index (χ0v) is 20.7. The van der Waals surface area contributed by atoms with Gasteiger partial charge in [-0.25, -0.2) is 32.4 Å². The summed E-state index contributed by atoms with van der Waals surface area (Å²) in [6, 6.07) is 8.97. The quantitative estimate of drug-likeness (QED) is 0.165. The van der Waals surface area contributed by atoms with Gasteiger partial charge in [0.2, 0.25) is 10.0 Å². The van der Waals surface area contributed by atoms with Crippen molar-refractivity contribution in [3.8, 4) is 5.69 Å². The largest absolute Gasteiger partial charge is 0.508 e. The van der Waals surface area contributed by atoms with Crippen molar-refractivity contribution in [2.45, 2.75) is 38.2 Å². The second-order valence-electron chi connectivity index (χ2n) is 7.92. The lowest BCUT2D eigenvalue weighted by molar-refractivity contribution is -0.757. The number of aryl methyl sites for hydroxylation is 2. The Kier molecular flexibility index (Phi) is 8.73. The van der Waals surface area contributed by atoms with Gasteiger partial charge in [-0.05, 0) is 43.2 Å². The summed E-state index contributed by atoms with van der Waals surface area (Å²) in [5, 5.41) is 18.5. The van der Waals surface area contributed by atoms with Gasteiger partial charge < -0.3 is 14.3 Å². The predicted molar refractivity (Wildman–Crippen MR) is 125 cm³/mol. The summed E-state index contributed by atoms with van der Waals surface area (Å²) in [6.07, 6.45) is -0.730. The Morgan fingerprint density at radius 2 is 1.92 bits per heavy atom. The molecule has 0 spiro atoms. The fraction of sp³-hybridized carbons (Fsp3) is 0.318. The number of primary sulfonamides is 1. The highest BCUT2D eigenvalue weighted by Gasteiger charge is 2.19. The number of nitrogens with two attached hydrogens (primary N) is 1. The summed E-state index contributed by atoms with van der Waals surface area (Å²) < 4.78 is 49.1. The summed E-state index contributed by atoms with van der Waals surface area (Å²) >= 11 is 0. The third-order valence-electron chi connectivity index (χ3n) is 5.07. The van der Waals surface area contributed by atoms with E-state index in [1.54, 1.807) is 0 Å². The molecule has 0 unspecified atom stereocenters. The molecule has 3 aromatic rings. The van der Waals surface area contributed by atoms with E-state index in [0.29, 0.717) is 5.82 Å². The normalized spacial score (nSPS) is 11.2. The maximum Gasteiger partial charge on any atom is 0.508 e. The molecule has 15 heteroatoms. The SMILES string of the molecule is Cc1ccc(C)c(Cc2nc(COC(=O)OCCCO[N+](=O)[O-])nn2-c2ccc(S(N)(=O)=O)cc2F)c1. The van der Waals surface area contributed by atoms with Gasteiger partial charge >= 0.3 is 6.16 Å².